The summed E-state index contributed by atoms with van der Waals surface area (Å²) < 4.78 is 10.1. The minimum absolute atomic E-state index is 0.375. The Hall–Kier alpha value is -2.30. The molecule has 0 amide bonds. The first-order valence-electron chi connectivity index (χ1n) is 5.07. The third-order valence-corrected chi connectivity index (χ3v) is 2.29. The molecule has 0 saturated heterocycles. The van der Waals surface area contributed by atoms with Gasteiger partial charge in [0.2, 0.25) is 0 Å². The summed E-state index contributed by atoms with van der Waals surface area (Å²) in [4.78, 5) is 15.4. The van der Waals surface area contributed by atoms with E-state index in [1.807, 2.05) is 6.07 Å². The van der Waals surface area contributed by atoms with Crippen molar-refractivity contribution in [1.29, 1.82) is 0 Å². The van der Waals surface area contributed by atoms with Gasteiger partial charge in [-0.15, -0.1) is 0 Å². The van der Waals surface area contributed by atoms with Crippen LogP contribution in [0.25, 0.3) is 11.3 Å². The number of hydrogen-bond acceptors (Lipinski definition) is 5. The molecule has 0 bridgehead atoms. The van der Waals surface area contributed by atoms with Crippen LogP contribution in [0.5, 0.6) is 0 Å². The van der Waals surface area contributed by atoms with Crippen LogP contribution in [0.2, 0.25) is 0 Å². The number of rotatable bonds is 3. The smallest absolute Gasteiger partial charge is 0.337 e. The number of oxazole rings is 1. The van der Waals surface area contributed by atoms with E-state index in [9.17, 15) is 4.79 Å². The maximum atomic E-state index is 11.4. The van der Waals surface area contributed by atoms with Gasteiger partial charge in [-0.25, -0.2) is 9.78 Å². The molecular weight excluding hydrogens is 220 g/mol. The molecule has 2 rings (SSSR count). The largest absolute Gasteiger partial charge is 0.465 e. The fraction of sp³-hybridized carbons (Fsp3) is 0.167. The van der Waals surface area contributed by atoms with Crippen molar-refractivity contribution < 1.29 is 13.9 Å². The van der Waals surface area contributed by atoms with Crippen LogP contribution in [-0.2, 0) is 4.74 Å². The molecule has 1 heterocycles. The number of methoxy groups -OCH3 is 1. The number of nitrogens with one attached hydrogen (secondary N) is 1. The highest BCUT2D eigenvalue weighted by molar-refractivity contribution is 5.90. The highest BCUT2D eigenvalue weighted by Crippen LogP contribution is 2.23. The average Bonchev–Trinajstić information content (AvgIpc) is 2.86. The summed E-state index contributed by atoms with van der Waals surface area (Å²) in [6.45, 7) is 0. The third kappa shape index (κ3) is 2.28. The Labute approximate surface area is 98.4 Å². The van der Waals surface area contributed by atoms with E-state index in [0.717, 1.165) is 5.56 Å². The van der Waals surface area contributed by atoms with Crippen LogP contribution in [0.4, 0.5) is 6.01 Å². The lowest BCUT2D eigenvalue weighted by Gasteiger charge is -2.01. The van der Waals surface area contributed by atoms with E-state index in [-0.39, 0.29) is 5.97 Å². The van der Waals surface area contributed by atoms with Crippen LogP contribution < -0.4 is 5.32 Å². The van der Waals surface area contributed by atoms with Gasteiger partial charge in [0.05, 0.1) is 18.9 Å². The van der Waals surface area contributed by atoms with Crippen LogP contribution in [0.1, 0.15) is 10.4 Å². The minimum atomic E-state index is -0.375. The number of carbonyl (C=O) groups is 1. The predicted molar refractivity (Wildman–Crippen MR) is 62.8 cm³/mol. The summed E-state index contributed by atoms with van der Waals surface area (Å²) in [6, 6.07) is 7.43. The van der Waals surface area contributed by atoms with Crippen molar-refractivity contribution >= 4 is 12.0 Å². The van der Waals surface area contributed by atoms with E-state index in [4.69, 9.17) is 4.42 Å². The van der Waals surface area contributed by atoms with Crippen molar-refractivity contribution in [2.45, 2.75) is 0 Å². The van der Waals surface area contributed by atoms with Gasteiger partial charge in [-0.3, -0.25) is 0 Å². The first-order valence-corrected chi connectivity index (χ1v) is 5.07. The molecule has 0 aliphatic carbocycles. The summed E-state index contributed by atoms with van der Waals surface area (Å²) in [5.41, 5.74) is 1.26. The van der Waals surface area contributed by atoms with Crippen molar-refractivity contribution in [3.05, 3.63) is 36.0 Å². The first kappa shape index (κ1) is 11.2. The summed E-state index contributed by atoms with van der Waals surface area (Å²) >= 11 is 0. The molecule has 5 nitrogen and oxygen atoms in total. The molecule has 0 unspecified atom stereocenters. The predicted octanol–water partition coefficient (Wildman–Crippen LogP) is 2.17. The molecule has 1 N–H and O–H groups in total. The monoisotopic (exact) mass is 232 g/mol. The van der Waals surface area contributed by atoms with E-state index < -0.39 is 0 Å². The van der Waals surface area contributed by atoms with Gasteiger partial charge in [0.15, 0.2) is 5.76 Å². The Morgan fingerprint density at radius 2 is 2.29 bits per heavy atom. The molecule has 88 valence electrons. The number of hydrogen-bond donors (Lipinski definition) is 1. The van der Waals surface area contributed by atoms with Gasteiger partial charge in [-0.05, 0) is 12.1 Å². The second kappa shape index (κ2) is 4.69. The molecule has 0 saturated carbocycles. The Balaban J connectivity index is 2.35. The maximum Gasteiger partial charge on any atom is 0.337 e. The molecule has 5 heteroatoms. The van der Waals surface area contributed by atoms with Crippen LogP contribution >= 0.6 is 0 Å². The molecule has 0 radical (unpaired) electrons. The number of benzene rings is 1. The Morgan fingerprint density at radius 3 is 2.94 bits per heavy atom. The number of nitrogens with zero attached hydrogens (tertiary/aromatic N) is 1. The van der Waals surface area contributed by atoms with E-state index in [1.54, 1.807) is 31.4 Å². The topological polar surface area (TPSA) is 64.4 Å². The molecular formula is C12H12N2O3. The van der Waals surface area contributed by atoms with Gasteiger partial charge in [-0.2, -0.15) is 0 Å². The second-order valence-corrected chi connectivity index (χ2v) is 3.35. The van der Waals surface area contributed by atoms with Gasteiger partial charge < -0.3 is 14.5 Å². The van der Waals surface area contributed by atoms with Crippen molar-refractivity contribution in [2.24, 2.45) is 0 Å². The lowest BCUT2D eigenvalue weighted by atomic mass is 10.1. The second-order valence-electron chi connectivity index (χ2n) is 3.35. The van der Waals surface area contributed by atoms with Crippen LogP contribution in [0.15, 0.2) is 34.9 Å². The molecule has 17 heavy (non-hydrogen) atoms. The fourth-order valence-corrected chi connectivity index (χ4v) is 1.44. The zero-order valence-electron chi connectivity index (χ0n) is 9.56. The first-order chi connectivity index (χ1) is 8.24. The molecule has 2 aromatic rings. The summed E-state index contributed by atoms with van der Waals surface area (Å²) in [5, 5.41) is 2.80. The Kier molecular flexibility index (Phi) is 3.09. The zero-order chi connectivity index (χ0) is 12.3. The van der Waals surface area contributed by atoms with Crippen molar-refractivity contribution in [3.8, 4) is 11.3 Å². The van der Waals surface area contributed by atoms with Crippen molar-refractivity contribution in [1.82, 2.24) is 4.98 Å². The zero-order valence-corrected chi connectivity index (χ0v) is 9.56. The average molecular weight is 232 g/mol. The number of esters is 1. The lowest BCUT2D eigenvalue weighted by Crippen LogP contribution is -2.00. The summed E-state index contributed by atoms with van der Waals surface area (Å²) in [7, 11) is 3.07. The molecule has 1 aromatic heterocycles. The third-order valence-electron chi connectivity index (χ3n) is 2.29. The Bertz CT molecular complexity index is 534. The van der Waals surface area contributed by atoms with Gasteiger partial charge in [0, 0.05) is 12.6 Å². The van der Waals surface area contributed by atoms with Crippen LogP contribution in [-0.4, -0.2) is 25.1 Å². The van der Waals surface area contributed by atoms with E-state index >= 15 is 0 Å². The van der Waals surface area contributed by atoms with Crippen molar-refractivity contribution in [2.75, 3.05) is 19.5 Å². The highest BCUT2D eigenvalue weighted by atomic mass is 16.5. The Morgan fingerprint density at radius 1 is 1.47 bits per heavy atom. The number of carbonyl (C=O) groups excluding carboxylic acids is 1. The van der Waals surface area contributed by atoms with Gasteiger partial charge >= 0.3 is 5.97 Å². The molecule has 0 fully saturated rings. The molecule has 0 aliphatic rings. The van der Waals surface area contributed by atoms with E-state index in [0.29, 0.717) is 17.3 Å². The van der Waals surface area contributed by atoms with E-state index in [1.165, 1.54) is 7.11 Å². The van der Waals surface area contributed by atoms with Gasteiger partial charge in [0.1, 0.15) is 0 Å². The molecule has 1 aromatic carbocycles. The lowest BCUT2D eigenvalue weighted by molar-refractivity contribution is 0.0601. The van der Waals surface area contributed by atoms with E-state index in [2.05, 4.69) is 15.0 Å². The molecule has 0 aliphatic heterocycles. The normalized spacial score (nSPS) is 10.0. The fourth-order valence-electron chi connectivity index (χ4n) is 1.44. The maximum absolute atomic E-state index is 11.4. The van der Waals surface area contributed by atoms with Crippen molar-refractivity contribution in [3.63, 3.8) is 0 Å². The molecule has 0 atom stereocenters. The van der Waals surface area contributed by atoms with Gasteiger partial charge in [0.25, 0.3) is 6.01 Å². The summed E-state index contributed by atoms with van der Waals surface area (Å²) in [5.74, 6) is 0.223. The van der Waals surface area contributed by atoms with Crippen LogP contribution in [0.3, 0.4) is 0 Å². The standard InChI is InChI=1S/C12H12N2O3/c1-13-12-14-7-10(17-12)8-4-3-5-9(6-8)11(15)16-2/h3-7H,1-2H3,(H,13,14). The SMILES string of the molecule is CNc1ncc(-c2cccc(C(=O)OC)c2)o1. The summed E-state index contributed by atoms with van der Waals surface area (Å²) in [6.07, 6.45) is 1.60. The van der Waals surface area contributed by atoms with Gasteiger partial charge in [-0.1, -0.05) is 12.1 Å². The molecule has 0 spiro atoms. The number of anilines is 1. The van der Waals surface area contributed by atoms with Crippen LogP contribution in [0, 0.1) is 0 Å². The minimum Gasteiger partial charge on any atom is -0.465 e. The highest BCUT2D eigenvalue weighted by Gasteiger charge is 2.09. The quantitative estimate of drug-likeness (QED) is 0.821. The number of ether oxygens (including phenoxy) is 1. The number of aromatic nitrogens is 1.